The van der Waals surface area contributed by atoms with Gasteiger partial charge in [0, 0.05) is 6.61 Å². The highest BCUT2D eigenvalue weighted by molar-refractivity contribution is 5.27. The SMILES string of the molecule is CCCCCCCCCCCCCCCCOCCOCCOCCOCCOc1ccc(CCCCCCCC)cc1. The zero-order chi connectivity index (χ0) is 30.7. The standard InChI is InChI=1S/C38H70O5/c1-3-5-7-9-11-12-13-14-15-16-17-18-20-22-28-39-29-30-40-31-32-41-33-34-42-35-36-43-38-26-24-37(25-27-38)23-21-19-10-8-6-4-2/h24-27H,3-23,28-36H2,1-2H3. The van der Waals surface area contributed by atoms with Crippen LogP contribution in [-0.4, -0.2) is 59.5 Å². The molecular weight excluding hydrogens is 536 g/mol. The van der Waals surface area contributed by atoms with Gasteiger partial charge < -0.3 is 23.7 Å². The Morgan fingerprint density at radius 2 is 0.698 bits per heavy atom. The van der Waals surface area contributed by atoms with Crippen molar-refractivity contribution in [3.8, 4) is 5.75 Å². The second kappa shape index (κ2) is 33.7. The smallest absolute Gasteiger partial charge is 0.119 e. The maximum Gasteiger partial charge on any atom is 0.119 e. The third-order valence-electron chi connectivity index (χ3n) is 8.00. The van der Waals surface area contributed by atoms with Crippen LogP contribution >= 0.6 is 0 Å². The van der Waals surface area contributed by atoms with Crippen molar-refractivity contribution >= 4 is 0 Å². The minimum absolute atomic E-state index is 0.555. The minimum atomic E-state index is 0.555. The van der Waals surface area contributed by atoms with Crippen molar-refractivity contribution < 1.29 is 23.7 Å². The van der Waals surface area contributed by atoms with E-state index in [1.54, 1.807) is 0 Å². The van der Waals surface area contributed by atoms with E-state index in [0.29, 0.717) is 52.9 Å². The van der Waals surface area contributed by atoms with Gasteiger partial charge in [-0.15, -0.1) is 0 Å². The summed E-state index contributed by atoms with van der Waals surface area (Å²) in [6, 6.07) is 8.51. The number of hydrogen-bond donors (Lipinski definition) is 0. The highest BCUT2D eigenvalue weighted by atomic mass is 16.6. The van der Waals surface area contributed by atoms with E-state index in [0.717, 1.165) is 25.2 Å². The fourth-order valence-electron chi connectivity index (χ4n) is 5.24. The van der Waals surface area contributed by atoms with E-state index in [9.17, 15) is 0 Å². The molecule has 0 fully saturated rings. The normalized spacial score (nSPS) is 11.4. The van der Waals surface area contributed by atoms with Crippen LogP contribution in [-0.2, 0) is 25.4 Å². The molecule has 0 bridgehead atoms. The largest absolute Gasteiger partial charge is 0.491 e. The van der Waals surface area contributed by atoms with Gasteiger partial charge in [0.25, 0.3) is 0 Å². The number of aryl methyl sites for hydroxylation is 1. The van der Waals surface area contributed by atoms with Crippen LogP contribution < -0.4 is 4.74 Å². The Kier molecular flexibility index (Phi) is 31.3. The lowest BCUT2D eigenvalue weighted by molar-refractivity contribution is -0.00487. The lowest BCUT2D eigenvalue weighted by Crippen LogP contribution is -2.13. The Balaban J connectivity index is 1.72. The number of rotatable bonds is 35. The lowest BCUT2D eigenvalue weighted by Gasteiger charge is -2.09. The van der Waals surface area contributed by atoms with Crippen LogP contribution in [0.2, 0.25) is 0 Å². The predicted molar refractivity (Wildman–Crippen MR) is 183 cm³/mol. The van der Waals surface area contributed by atoms with Gasteiger partial charge in [-0.05, 0) is 37.0 Å². The van der Waals surface area contributed by atoms with Gasteiger partial charge in [-0.1, -0.05) is 142 Å². The summed E-state index contributed by atoms with van der Waals surface area (Å²) < 4.78 is 28.3. The van der Waals surface area contributed by atoms with Crippen LogP contribution in [0, 0.1) is 0 Å². The quantitative estimate of drug-likeness (QED) is 0.0719. The molecule has 0 radical (unpaired) electrons. The third kappa shape index (κ3) is 29.3. The van der Waals surface area contributed by atoms with E-state index in [2.05, 4.69) is 38.1 Å². The van der Waals surface area contributed by atoms with Crippen LogP contribution in [0.5, 0.6) is 5.75 Å². The third-order valence-corrected chi connectivity index (χ3v) is 8.00. The summed E-state index contributed by atoms with van der Waals surface area (Å²) in [5.74, 6) is 0.910. The molecule has 0 unspecified atom stereocenters. The Morgan fingerprint density at radius 3 is 1.14 bits per heavy atom. The first kappa shape index (κ1) is 39.9. The molecule has 1 rings (SSSR count). The van der Waals surface area contributed by atoms with Crippen LogP contribution in [0.25, 0.3) is 0 Å². The Morgan fingerprint density at radius 1 is 0.349 bits per heavy atom. The molecule has 1 aromatic carbocycles. The van der Waals surface area contributed by atoms with Crippen LogP contribution in [0.15, 0.2) is 24.3 Å². The zero-order valence-electron chi connectivity index (χ0n) is 28.6. The number of hydrogen-bond acceptors (Lipinski definition) is 5. The van der Waals surface area contributed by atoms with Crippen molar-refractivity contribution in [2.75, 3.05) is 59.5 Å². The second-order valence-corrected chi connectivity index (χ2v) is 12.1. The fraction of sp³-hybridized carbons (Fsp3) is 0.842. The number of unbranched alkanes of at least 4 members (excludes halogenated alkanes) is 18. The molecule has 252 valence electrons. The van der Waals surface area contributed by atoms with Gasteiger partial charge in [0.1, 0.15) is 12.4 Å². The fourth-order valence-corrected chi connectivity index (χ4v) is 5.24. The molecule has 0 spiro atoms. The highest BCUT2D eigenvalue weighted by Gasteiger charge is 1.99. The van der Waals surface area contributed by atoms with Gasteiger partial charge in [0.2, 0.25) is 0 Å². The molecule has 0 aliphatic rings. The van der Waals surface area contributed by atoms with Crippen LogP contribution in [0.3, 0.4) is 0 Å². The first-order chi connectivity index (χ1) is 21.4. The summed E-state index contributed by atoms with van der Waals surface area (Å²) in [6.07, 6.45) is 28.6. The lowest BCUT2D eigenvalue weighted by atomic mass is 10.0. The molecule has 5 heteroatoms. The van der Waals surface area contributed by atoms with Gasteiger partial charge >= 0.3 is 0 Å². The Labute approximate surface area is 267 Å². The van der Waals surface area contributed by atoms with Gasteiger partial charge in [0.05, 0.1) is 46.2 Å². The maximum absolute atomic E-state index is 5.79. The van der Waals surface area contributed by atoms with Crippen molar-refractivity contribution in [3.05, 3.63) is 29.8 Å². The molecule has 5 nitrogen and oxygen atoms in total. The van der Waals surface area contributed by atoms with E-state index in [-0.39, 0.29) is 0 Å². The van der Waals surface area contributed by atoms with E-state index in [4.69, 9.17) is 23.7 Å². The average Bonchev–Trinajstić information content (AvgIpc) is 3.03. The first-order valence-corrected chi connectivity index (χ1v) is 18.4. The van der Waals surface area contributed by atoms with Crippen molar-refractivity contribution in [1.29, 1.82) is 0 Å². The topological polar surface area (TPSA) is 46.2 Å². The molecule has 0 saturated heterocycles. The summed E-state index contributed by atoms with van der Waals surface area (Å²) >= 11 is 0. The van der Waals surface area contributed by atoms with Crippen LogP contribution in [0.1, 0.15) is 148 Å². The number of benzene rings is 1. The van der Waals surface area contributed by atoms with Gasteiger partial charge in [0.15, 0.2) is 0 Å². The van der Waals surface area contributed by atoms with E-state index in [1.165, 1.54) is 128 Å². The summed E-state index contributed by atoms with van der Waals surface area (Å²) in [5.41, 5.74) is 1.40. The van der Waals surface area contributed by atoms with Crippen LogP contribution in [0.4, 0.5) is 0 Å². The monoisotopic (exact) mass is 607 g/mol. The molecule has 0 saturated carbocycles. The van der Waals surface area contributed by atoms with Crippen molar-refractivity contribution in [3.63, 3.8) is 0 Å². The Hall–Kier alpha value is -1.14. The number of ether oxygens (including phenoxy) is 5. The molecule has 0 aliphatic heterocycles. The molecule has 43 heavy (non-hydrogen) atoms. The first-order valence-electron chi connectivity index (χ1n) is 18.4. The predicted octanol–water partition coefficient (Wildman–Crippen LogP) is 10.5. The average molecular weight is 607 g/mol. The maximum atomic E-state index is 5.79. The van der Waals surface area contributed by atoms with Gasteiger partial charge in [-0.25, -0.2) is 0 Å². The van der Waals surface area contributed by atoms with E-state index < -0.39 is 0 Å². The molecule has 0 heterocycles. The summed E-state index contributed by atoms with van der Waals surface area (Å²) in [5, 5.41) is 0. The summed E-state index contributed by atoms with van der Waals surface area (Å²) in [4.78, 5) is 0. The summed E-state index contributed by atoms with van der Waals surface area (Å²) in [7, 11) is 0. The molecule has 0 aromatic heterocycles. The van der Waals surface area contributed by atoms with Crippen molar-refractivity contribution in [2.45, 2.75) is 149 Å². The van der Waals surface area contributed by atoms with Crippen molar-refractivity contribution in [2.24, 2.45) is 0 Å². The van der Waals surface area contributed by atoms with Gasteiger partial charge in [-0.3, -0.25) is 0 Å². The Bertz CT molecular complexity index is 650. The highest BCUT2D eigenvalue weighted by Crippen LogP contribution is 2.15. The summed E-state index contributed by atoms with van der Waals surface area (Å²) in [6.45, 7) is 10.2. The molecule has 0 N–H and O–H groups in total. The molecule has 0 aliphatic carbocycles. The second-order valence-electron chi connectivity index (χ2n) is 12.1. The van der Waals surface area contributed by atoms with E-state index >= 15 is 0 Å². The minimum Gasteiger partial charge on any atom is -0.491 e. The molecular formula is C38H70O5. The zero-order valence-corrected chi connectivity index (χ0v) is 28.6. The molecule has 1 aromatic rings. The molecule has 0 atom stereocenters. The van der Waals surface area contributed by atoms with Gasteiger partial charge in [-0.2, -0.15) is 0 Å². The van der Waals surface area contributed by atoms with E-state index in [1.807, 2.05) is 0 Å². The van der Waals surface area contributed by atoms with Crippen molar-refractivity contribution in [1.82, 2.24) is 0 Å². The molecule has 0 amide bonds.